The van der Waals surface area contributed by atoms with Crippen LogP contribution in [0.2, 0.25) is 0 Å². The van der Waals surface area contributed by atoms with E-state index in [1.807, 2.05) is 24.3 Å². The van der Waals surface area contributed by atoms with Gasteiger partial charge >= 0.3 is 0 Å². The number of rotatable bonds is 5. The highest BCUT2D eigenvalue weighted by Gasteiger charge is 2.20. The topological polar surface area (TPSA) is 54.6 Å². The first-order chi connectivity index (χ1) is 13.0. The van der Waals surface area contributed by atoms with Crippen molar-refractivity contribution in [1.29, 1.82) is 0 Å². The lowest BCUT2D eigenvalue weighted by Crippen LogP contribution is -2.18. The summed E-state index contributed by atoms with van der Waals surface area (Å²) in [7, 11) is 1.69. The first-order valence-electron chi connectivity index (χ1n) is 8.68. The number of halogens is 1. The molecule has 0 bridgehead atoms. The van der Waals surface area contributed by atoms with Gasteiger partial charge in [0.25, 0.3) is 5.56 Å². The van der Waals surface area contributed by atoms with Crippen molar-refractivity contribution in [3.05, 3.63) is 104 Å². The number of aromatic nitrogens is 1. The second-order valence-electron chi connectivity index (χ2n) is 6.58. The molecule has 0 saturated heterocycles. The van der Waals surface area contributed by atoms with E-state index < -0.39 is 0 Å². The minimum atomic E-state index is -0.135. The van der Waals surface area contributed by atoms with Crippen LogP contribution in [0.4, 0.5) is 0 Å². The molecule has 27 heavy (non-hydrogen) atoms. The van der Waals surface area contributed by atoms with Crippen LogP contribution in [0.1, 0.15) is 34.6 Å². The Morgan fingerprint density at radius 2 is 1.85 bits per heavy atom. The molecule has 1 unspecified atom stereocenters. The molecule has 0 saturated carbocycles. The van der Waals surface area contributed by atoms with E-state index in [4.69, 9.17) is 0 Å². The van der Waals surface area contributed by atoms with Crippen LogP contribution in [0.15, 0.2) is 81.3 Å². The summed E-state index contributed by atoms with van der Waals surface area (Å²) >= 11 is 3.48. The molecule has 0 fully saturated rings. The molecule has 1 atom stereocenters. The highest BCUT2D eigenvalue weighted by atomic mass is 79.9. The number of hydrogen-bond acceptors (Lipinski definition) is 3. The zero-order chi connectivity index (χ0) is 19.4. The van der Waals surface area contributed by atoms with Crippen LogP contribution in [0.3, 0.4) is 0 Å². The second-order valence-corrected chi connectivity index (χ2v) is 7.49. The third-order valence-electron chi connectivity index (χ3n) is 4.79. The molecular weight excluding hydrogens is 404 g/mol. The molecule has 0 aliphatic heterocycles. The van der Waals surface area contributed by atoms with Crippen molar-refractivity contribution in [1.82, 2.24) is 4.57 Å². The van der Waals surface area contributed by atoms with E-state index in [-0.39, 0.29) is 11.5 Å². The van der Waals surface area contributed by atoms with E-state index in [9.17, 15) is 10.0 Å². The Labute approximate surface area is 166 Å². The first kappa shape index (κ1) is 19.1. The van der Waals surface area contributed by atoms with E-state index >= 15 is 0 Å². The predicted octanol–water partition coefficient (Wildman–Crippen LogP) is 4.86. The van der Waals surface area contributed by atoms with Gasteiger partial charge in [-0.1, -0.05) is 57.5 Å². The van der Waals surface area contributed by atoms with Gasteiger partial charge in [0.2, 0.25) is 0 Å². The summed E-state index contributed by atoms with van der Waals surface area (Å²) in [5.41, 5.74) is 4.46. The van der Waals surface area contributed by atoms with Gasteiger partial charge in [-0.2, -0.15) is 0 Å². The average Bonchev–Trinajstić information content (AvgIpc) is 2.67. The summed E-state index contributed by atoms with van der Waals surface area (Å²) in [6.45, 7) is 2.08. The molecular formula is C22H21BrN2O2. The standard InChI is InChI=1S/C22H21BrN2O2/c1-15-5-3-4-6-19(15)20(16-7-9-18(23)10-8-16)14-21(24-27)17-11-12-25(2)22(26)13-17/h3-13,20,27H,14H2,1-2H3/b24-21-. The first-order valence-corrected chi connectivity index (χ1v) is 9.48. The van der Waals surface area contributed by atoms with Gasteiger partial charge < -0.3 is 9.77 Å². The predicted molar refractivity (Wildman–Crippen MR) is 112 cm³/mol. The maximum Gasteiger partial charge on any atom is 0.250 e. The van der Waals surface area contributed by atoms with Crippen molar-refractivity contribution < 1.29 is 5.21 Å². The summed E-state index contributed by atoms with van der Waals surface area (Å²) in [5.74, 6) is 0.00857. The Morgan fingerprint density at radius 1 is 1.15 bits per heavy atom. The van der Waals surface area contributed by atoms with Gasteiger partial charge in [-0.3, -0.25) is 4.79 Å². The molecule has 0 radical (unpaired) electrons. The van der Waals surface area contributed by atoms with Crippen molar-refractivity contribution in [2.75, 3.05) is 0 Å². The maximum atomic E-state index is 12.0. The van der Waals surface area contributed by atoms with E-state index in [0.29, 0.717) is 17.7 Å². The minimum absolute atomic E-state index is 0.00857. The normalized spacial score (nSPS) is 12.8. The summed E-state index contributed by atoms with van der Waals surface area (Å²) in [4.78, 5) is 12.0. The van der Waals surface area contributed by atoms with Gasteiger partial charge in [0.05, 0.1) is 5.71 Å². The van der Waals surface area contributed by atoms with Crippen molar-refractivity contribution in [2.24, 2.45) is 12.2 Å². The maximum absolute atomic E-state index is 12.0. The molecule has 0 aliphatic rings. The number of benzene rings is 2. The molecule has 1 aromatic heterocycles. The summed E-state index contributed by atoms with van der Waals surface area (Å²) in [6.07, 6.45) is 2.17. The number of nitrogens with zero attached hydrogens (tertiary/aromatic N) is 2. The fourth-order valence-electron chi connectivity index (χ4n) is 3.22. The molecule has 0 amide bonds. The average molecular weight is 425 g/mol. The van der Waals surface area contributed by atoms with Crippen LogP contribution >= 0.6 is 15.9 Å². The van der Waals surface area contributed by atoms with Crippen molar-refractivity contribution in [3.63, 3.8) is 0 Å². The Balaban J connectivity index is 2.04. The molecule has 2 aromatic carbocycles. The fraction of sp³-hybridized carbons (Fsp3) is 0.182. The third-order valence-corrected chi connectivity index (χ3v) is 5.32. The van der Waals surface area contributed by atoms with Crippen LogP contribution < -0.4 is 5.56 Å². The van der Waals surface area contributed by atoms with E-state index in [0.717, 1.165) is 10.0 Å². The number of oxime groups is 1. The molecule has 4 nitrogen and oxygen atoms in total. The van der Waals surface area contributed by atoms with Gasteiger partial charge in [0, 0.05) is 41.7 Å². The lowest BCUT2D eigenvalue weighted by Gasteiger charge is -2.21. The SMILES string of the molecule is Cc1ccccc1C(C/C(=N/O)c1ccn(C)c(=O)c1)c1ccc(Br)cc1. The molecule has 1 heterocycles. The smallest absolute Gasteiger partial charge is 0.250 e. The van der Waals surface area contributed by atoms with Gasteiger partial charge in [0.1, 0.15) is 0 Å². The van der Waals surface area contributed by atoms with Crippen molar-refractivity contribution in [2.45, 2.75) is 19.3 Å². The largest absolute Gasteiger partial charge is 0.411 e. The van der Waals surface area contributed by atoms with Crippen molar-refractivity contribution >= 4 is 21.6 Å². The highest BCUT2D eigenvalue weighted by molar-refractivity contribution is 9.10. The summed E-state index contributed by atoms with van der Waals surface area (Å²) < 4.78 is 2.50. The van der Waals surface area contributed by atoms with Crippen molar-refractivity contribution in [3.8, 4) is 0 Å². The quantitative estimate of drug-likeness (QED) is 0.361. The fourth-order valence-corrected chi connectivity index (χ4v) is 3.48. The van der Waals surface area contributed by atoms with Crippen LogP contribution in [-0.4, -0.2) is 15.5 Å². The Bertz CT molecular complexity index is 1020. The van der Waals surface area contributed by atoms with E-state index in [2.05, 4.69) is 52.3 Å². The zero-order valence-electron chi connectivity index (χ0n) is 15.3. The molecule has 3 aromatic rings. The summed E-state index contributed by atoms with van der Waals surface area (Å²) in [5, 5.41) is 13.2. The zero-order valence-corrected chi connectivity index (χ0v) is 16.8. The molecule has 3 rings (SSSR count). The Kier molecular flexibility index (Phi) is 5.91. The van der Waals surface area contributed by atoms with Crippen LogP contribution in [-0.2, 0) is 7.05 Å². The van der Waals surface area contributed by atoms with Gasteiger partial charge in [-0.05, 0) is 41.8 Å². The number of pyridine rings is 1. The third kappa shape index (κ3) is 4.37. The second kappa shape index (κ2) is 8.35. The molecule has 1 N–H and O–H groups in total. The van der Waals surface area contributed by atoms with E-state index in [1.54, 1.807) is 19.3 Å². The van der Waals surface area contributed by atoms with Crippen LogP contribution in [0.5, 0.6) is 0 Å². The van der Waals surface area contributed by atoms with Crippen LogP contribution in [0, 0.1) is 6.92 Å². The molecule has 0 spiro atoms. The highest BCUT2D eigenvalue weighted by Crippen LogP contribution is 2.32. The Morgan fingerprint density at radius 3 is 2.48 bits per heavy atom. The monoisotopic (exact) mass is 424 g/mol. The van der Waals surface area contributed by atoms with Gasteiger partial charge in [0.15, 0.2) is 0 Å². The molecule has 138 valence electrons. The van der Waals surface area contributed by atoms with Gasteiger partial charge in [-0.25, -0.2) is 0 Å². The van der Waals surface area contributed by atoms with Gasteiger partial charge in [-0.15, -0.1) is 0 Å². The lowest BCUT2D eigenvalue weighted by atomic mass is 9.83. The van der Waals surface area contributed by atoms with E-state index in [1.165, 1.54) is 21.8 Å². The van der Waals surface area contributed by atoms with Crippen LogP contribution in [0.25, 0.3) is 0 Å². The minimum Gasteiger partial charge on any atom is -0.411 e. The Hall–Kier alpha value is -2.66. The molecule has 5 heteroatoms. The summed E-state index contributed by atoms with van der Waals surface area (Å²) in [6, 6.07) is 19.7. The number of hydrogen-bond donors (Lipinski definition) is 1. The molecule has 0 aliphatic carbocycles. The number of aryl methyl sites for hydroxylation is 2. The lowest BCUT2D eigenvalue weighted by molar-refractivity contribution is 0.317.